The first-order chi connectivity index (χ1) is 14.3. The molecule has 0 spiro atoms. The van der Waals surface area contributed by atoms with Crippen molar-refractivity contribution in [3.05, 3.63) is 59.7 Å². The van der Waals surface area contributed by atoms with Gasteiger partial charge >= 0.3 is 0 Å². The Morgan fingerprint density at radius 1 is 1.13 bits per heavy atom. The number of nitrogens with one attached hydrogen (secondary N) is 1. The number of piperidine rings is 1. The van der Waals surface area contributed by atoms with Crippen molar-refractivity contribution < 1.29 is 17.9 Å². The number of aryl methyl sites for hydroxylation is 2. The minimum absolute atomic E-state index is 0.0257. The third kappa shape index (κ3) is 6.06. The van der Waals surface area contributed by atoms with Crippen molar-refractivity contribution in [3.8, 4) is 5.75 Å². The largest absolute Gasteiger partial charge is 0.493 e. The van der Waals surface area contributed by atoms with E-state index in [1.807, 2.05) is 49.1 Å². The first kappa shape index (κ1) is 22.3. The van der Waals surface area contributed by atoms with Crippen molar-refractivity contribution in [2.24, 2.45) is 5.92 Å². The van der Waals surface area contributed by atoms with Crippen LogP contribution >= 0.6 is 0 Å². The third-order valence-electron chi connectivity index (χ3n) is 5.52. The van der Waals surface area contributed by atoms with Gasteiger partial charge in [0.15, 0.2) is 0 Å². The highest BCUT2D eigenvalue weighted by Gasteiger charge is 2.24. The molecule has 2 aromatic carbocycles. The lowest BCUT2D eigenvalue weighted by Gasteiger charge is -2.32. The highest BCUT2D eigenvalue weighted by molar-refractivity contribution is 7.89. The second-order valence-corrected chi connectivity index (χ2v) is 9.63. The zero-order valence-electron chi connectivity index (χ0n) is 17.6. The number of benzene rings is 2. The number of likely N-dealkylation sites (tertiary alicyclic amines) is 1. The van der Waals surface area contributed by atoms with Crippen LogP contribution in [0.3, 0.4) is 0 Å². The van der Waals surface area contributed by atoms with E-state index in [1.165, 1.54) is 0 Å². The molecule has 0 saturated carbocycles. The van der Waals surface area contributed by atoms with E-state index in [2.05, 4.69) is 4.72 Å². The smallest absolute Gasteiger partial charge is 0.240 e. The van der Waals surface area contributed by atoms with Crippen LogP contribution in [-0.4, -0.2) is 45.5 Å². The van der Waals surface area contributed by atoms with Crippen LogP contribution < -0.4 is 9.46 Å². The van der Waals surface area contributed by atoms with Crippen molar-refractivity contribution in [2.45, 2.75) is 38.0 Å². The molecule has 6 nitrogen and oxygen atoms in total. The minimum Gasteiger partial charge on any atom is -0.493 e. The predicted molar refractivity (Wildman–Crippen MR) is 117 cm³/mol. The summed E-state index contributed by atoms with van der Waals surface area (Å²) in [5.74, 6) is 1.10. The van der Waals surface area contributed by atoms with Crippen molar-refractivity contribution in [2.75, 3.05) is 26.2 Å². The van der Waals surface area contributed by atoms with Gasteiger partial charge in [0.2, 0.25) is 15.9 Å². The monoisotopic (exact) mass is 430 g/mol. The summed E-state index contributed by atoms with van der Waals surface area (Å²) in [5, 5.41) is 0. The number of sulfonamides is 1. The Morgan fingerprint density at radius 3 is 2.63 bits per heavy atom. The zero-order valence-corrected chi connectivity index (χ0v) is 18.5. The maximum atomic E-state index is 12.6. The molecule has 0 radical (unpaired) electrons. The van der Waals surface area contributed by atoms with E-state index in [-0.39, 0.29) is 29.7 Å². The van der Waals surface area contributed by atoms with Gasteiger partial charge in [0.05, 0.1) is 11.5 Å². The molecule has 1 saturated heterocycles. The van der Waals surface area contributed by atoms with Gasteiger partial charge in [-0.1, -0.05) is 24.3 Å². The summed E-state index contributed by atoms with van der Waals surface area (Å²) in [6.07, 6.45) is 2.11. The van der Waals surface area contributed by atoms with Gasteiger partial charge in [-0.25, -0.2) is 13.1 Å². The van der Waals surface area contributed by atoms with Crippen LogP contribution in [0.2, 0.25) is 0 Å². The fraction of sp³-hybridized carbons (Fsp3) is 0.435. The molecule has 1 amide bonds. The van der Waals surface area contributed by atoms with Crippen LogP contribution in [0.25, 0.3) is 0 Å². The Balaban J connectivity index is 1.46. The molecule has 7 heteroatoms. The predicted octanol–water partition coefficient (Wildman–Crippen LogP) is 3.29. The van der Waals surface area contributed by atoms with Crippen molar-refractivity contribution in [3.63, 3.8) is 0 Å². The van der Waals surface area contributed by atoms with Crippen LogP contribution in [0.15, 0.2) is 53.4 Å². The summed E-state index contributed by atoms with van der Waals surface area (Å²) < 4.78 is 33.3. The number of amides is 1. The molecule has 0 aromatic heterocycles. The van der Waals surface area contributed by atoms with E-state index in [1.54, 1.807) is 18.2 Å². The molecule has 30 heavy (non-hydrogen) atoms. The number of ether oxygens (including phenoxy) is 1. The quantitative estimate of drug-likeness (QED) is 0.697. The van der Waals surface area contributed by atoms with E-state index in [0.717, 1.165) is 29.7 Å². The highest BCUT2D eigenvalue weighted by Crippen LogP contribution is 2.19. The summed E-state index contributed by atoms with van der Waals surface area (Å²) in [5.41, 5.74) is 1.96. The molecule has 2 aromatic rings. The molecule has 162 valence electrons. The average Bonchev–Trinajstić information content (AvgIpc) is 2.75. The molecule has 1 aliphatic heterocycles. The van der Waals surface area contributed by atoms with Crippen molar-refractivity contribution >= 4 is 15.9 Å². The number of rotatable bonds is 8. The first-order valence-corrected chi connectivity index (χ1v) is 11.9. The summed E-state index contributed by atoms with van der Waals surface area (Å²) in [4.78, 5) is 14.6. The molecule has 1 N–H and O–H groups in total. The van der Waals surface area contributed by atoms with E-state index in [4.69, 9.17) is 4.74 Å². The number of carbonyl (C=O) groups is 1. The van der Waals surface area contributed by atoms with Gasteiger partial charge in [-0.05, 0) is 62.1 Å². The van der Waals surface area contributed by atoms with Crippen molar-refractivity contribution in [1.82, 2.24) is 9.62 Å². The summed E-state index contributed by atoms with van der Waals surface area (Å²) in [6, 6.07) is 14.7. The lowest BCUT2D eigenvalue weighted by atomic mass is 9.98. The summed E-state index contributed by atoms with van der Waals surface area (Å²) in [7, 11) is -3.62. The Bertz CT molecular complexity index is 960. The Hall–Kier alpha value is -2.38. The number of nitrogens with zero attached hydrogens (tertiary/aromatic N) is 1. The van der Waals surface area contributed by atoms with Crippen LogP contribution in [0.5, 0.6) is 5.75 Å². The summed E-state index contributed by atoms with van der Waals surface area (Å²) >= 11 is 0. The lowest BCUT2D eigenvalue weighted by Crippen LogP contribution is -2.42. The average molecular weight is 431 g/mol. The Morgan fingerprint density at radius 2 is 1.90 bits per heavy atom. The van der Waals surface area contributed by atoms with Gasteiger partial charge in [-0.2, -0.15) is 0 Å². The van der Waals surface area contributed by atoms with Crippen LogP contribution in [0.1, 0.15) is 30.4 Å². The standard InChI is InChI=1S/C23H30N2O4S/c1-18-10-11-22(15-19(18)2)30(27,28)24-13-12-23(26)25-14-6-7-20(16-25)17-29-21-8-4-3-5-9-21/h3-5,8-11,15,20,24H,6-7,12-14,16-17H2,1-2H3. The molecule has 1 fully saturated rings. The molecule has 1 atom stereocenters. The van der Waals surface area contributed by atoms with Gasteiger partial charge in [0, 0.05) is 32.0 Å². The molecule has 3 rings (SSSR count). The fourth-order valence-electron chi connectivity index (χ4n) is 3.57. The van der Waals surface area contributed by atoms with E-state index in [9.17, 15) is 13.2 Å². The Kier molecular flexibility index (Phi) is 7.50. The van der Waals surface area contributed by atoms with Gasteiger partial charge in [0.25, 0.3) is 0 Å². The number of hydrogen-bond acceptors (Lipinski definition) is 4. The zero-order chi connectivity index (χ0) is 21.6. The SMILES string of the molecule is Cc1ccc(S(=O)(=O)NCCC(=O)N2CCCC(COc3ccccc3)C2)cc1C. The lowest BCUT2D eigenvalue weighted by molar-refractivity contribution is -0.133. The molecule has 1 unspecified atom stereocenters. The van der Waals surface area contributed by atoms with Crippen LogP contribution in [-0.2, 0) is 14.8 Å². The minimum atomic E-state index is -3.62. The van der Waals surface area contributed by atoms with E-state index >= 15 is 0 Å². The molecule has 0 bridgehead atoms. The molecular weight excluding hydrogens is 400 g/mol. The van der Waals surface area contributed by atoms with Gasteiger partial charge < -0.3 is 9.64 Å². The maximum Gasteiger partial charge on any atom is 0.240 e. The number of para-hydroxylation sites is 1. The first-order valence-electron chi connectivity index (χ1n) is 10.4. The van der Waals surface area contributed by atoms with E-state index in [0.29, 0.717) is 19.7 Å². The highest BCUT2D eigenvalue weighted by atomic mass is 32.2. The van der Waals surface area contributed by atoms with Crippen LogP contribution in [0, 0.1) is 19.8 Å². The fourth-order valence-corrected chi connectivity index (χ4v) is 4.69. The number of hydrogen-bond donors (Lipinski definition) is 1. The van der Waals surface area contributed by atoms with Crippen molar-refractivity contribution in [1.29, 1.82) is 0 Å². The maximum absolute atomic E-state index is 12.6. The van der Waals surface area contributed by atoms with Gasteiger partial charge in [0.1, 0.15) is 5.75 Å². The molecular formula is C23H30N2O4S. The summed E-state index contributed by atoms with van der Waals surface area (Å²) in [6.45, 7) is 5.85. The van der Waals surface area contributed by atoms with Crippen LogP contribution in [0.4, 0.5) is 0 Å². The molecule has 1 heterocycles. The molecule has 1 aliphatic rings. The third-order valence-corrected chi connectivity index (χ3v) is 6.98. The van der Waals surface area contributed by atoms with E-state index < -0.39 is 10.0 Å². The van der Waals surface area contributed by atoms with Gasteiger partial charge in [-0.15, -0.1) is 0 Å². The normalized spacial score (nSPS) is 17.0. The number of carbonyl (C=O) groups excluding carboxylic acids is 1. The van der Waals surface area contributed by atoms with Gasteiger partial charge in [-0.3, -0.25) is 4.79 Å². The molecule has 0 aliphatic carbocycles. The second kappa shape index (κ2) is 10.1. The topological polar surface area (TPSA) is 75.7 Å². The second-order valence-electron chi connectivity index (χ2n) is 7.87. The Labute approximate surface area is 179 Å².